The summed E-state index contributed by atoms with van der Waals surface area (Å²) >= 11 is 1.31. The van der Waals surface area contributed by atoms with Crippen LogP contribution in [0.2, 0.25) is 0 Å². The van der Waals surface area contributed by atoms with Crippen LogP contribution in [0.5, 0.6) is 0 Å². The molecular weight excluding hydrogens is 440 g/mol. The molecule has 0 spiro atoms. The van der Waals surface area contributed by atoms with Crippen molar-refractivity contribution in [3.8, 4) is 0 Å². The van der Waals surface area contributed by atoms with Gasteiger partial charge in [-0.25, -0.2) is 0 Å². The molecule has 33 heavy (non-hydrogen) atoms. The normalized spacial score (nSPS) is 21.8. The predicted octanol–water partition coefficient (Wildman–Crippen LogP) is 2.35. The number of carbonyl (C=O) groups excluding carboxylic acids is 4. The monoisotopic (exact) mass is 482 g/mol. The molecule has 4 amide bonds. The zero-order chi connectivity index (χ0) is 24.1. The van der Waals surface area contributed by atoms with Gasteiger partial charge in [-0.1, -0.05) is 58.3 Å². The third kappa shape index (κ3) is 10.4. The molecule has 2 fully saturated rings. The molecule has 0 aromatic carbocycles. The first-order chi connectivity index (χ1) is 15.9. The Bertz CT molecular complexity index is 648. The van der Waals surface area contributed by atoms with Crippen molar-refractivity contribution in [2.45, 2.75) is 96.1 Å². The zero-order valence-electron chi connectivity index (χ0n) is 20.1. The lowest BCUT2D eigenvalue weighted by molar-refractivity contribution is -0.136. The molecule has 0 aromatic rings. The van der Waals surface area contributed by atoms with E-state index in [-0.39, 0.29) is 41.2 Å². The number of likely N-dealkylation sites (tertiary alicyclic amines) is 1. The third-order valence-electron chi connectivity index (χ3n) is 6.60. The minimum Gasteiger partial charge on any atom is -0.368 e. The SMILES string of the molecule is CC[C@H](C(N)=O)N1CC(CNC(=O)CSCC(=O)NC2CCCCCCCCCC2)CC1=O. The molecule has 2 rings (SSSR count). The summed E-state index contributed by atoms with van der Waals surface area (Å²) in [5.74, 6) is -0.275. The Balaban J connectivity index is 1.62. The minimum absolute atomic E-state index is 0.00163. The van der Waals surface area contributed by atoms with E-state index in [1.807, 2.05) is 6.92 Å². The summed E-state index contributed by atoms with van der Waals surface area (Å²) in [6.07, 6.45) is 13.0. The van der Waals surface area contributed by atoms with Crippen LogP contribution in [0.15, 0.2) is 0 Å². The molecule has 0 bridgehead atoms. The van der Waals surface area contributed by atoms with Crippen molar-refractivity contribution in [2.24, 2.45) is 11.7 Å². The van der Waals surface area contributed by atoms with E-state index in [0.717, 1.165) is 12.8 Å². The number of primary amides is 1. The van der Waals surface area contributed by atoms with Crippen LogP contribution < -0.4 is 16.4 Å². The Kier molecular flexibility index (Phi) is 12.6. The van der Waals surface area contributed by atoms with Gasteiger partial charge in [0.25, 0.3) is 0 Å². The third-order valence-corrected chi connectivity index (χ3v) is 7.54. The summed E-state index contributed by atoms with van der Waals surface area (Å²) in [5, 5.41) is 6.02. The molecule has 188 valence electrons. The second-order valence-electron chi connectivity index (χ2n) is 9.41. The molecule has 1 saturated carbocycles. The van der Waals surface area contributed by atoms with Crippen LogP contribution in [-0.4, -0.2) is 65.2 Å². The van der Waals surface area contributed by atoms with E-state index in [9.17, 15) is 19.2 Å². The lowest BCUT2D eigenvalue weighted by Crippen LogP contribution is -2.45. The number of nitrogens with two attached hydrogens (primary N) is 1. The molecule has 1 aliphatic carbocycles. The Morgan fingerprint density at radius 2 is 1.58 bits per heavy atom. The molecule has 1 unspecified atom stereocenters. The van der Waals surface area contributed by atoms with Gasteiger partial charge in [-0.05, 0) is 19.3 Å². The number of hydrogen-bond donors (Lipinski definition) is 3. The maximum Gasteiger partial charge on any atom is 0.240 e. The van der Waals surface area contributed by atoms with E-state index in [1.165, 1.54) is 68.0 Å². The first-order valence-electron chi connectivity index (χ1n) is 12.6. The smallest absolute Gasteiger partial charge is 0.240 e. The van der Waals surface area contributed by atoms with Gasteiger partial charge in [0, 0.05) is 31.5 Å². The van der Waals surface area contributed by atoms with Crippen LogP contribution in [-0.2, 0) is 19.2 Å². The number of thioether (sulfide) groups is 1. The number of rotatable bonds is 10. The number of nitrogens with zero attached hydrogens (tertiary/aromatic N) is 1. The summed E-state index contributed by atoms with van der Waals surface area (Å²) < 4.78 is 0. The van der Waals surface area contributed by atoms with Gasteiger partial charge in [-0.15, -0.1) is 11.8 Å². The predicted molar refractivity (Wildman–Crippen MR) is 132 cm³/mol. The standard InChI is InChI=1S/C24H42N4O4S/c1-2-20(24(25)32)28-15-18(13-23(28)31)14-26-21(29)16-33-17-22(30)27-19-11-9-7-5-3-4-6-8-10-12-19/h18-20H,2-17H2,1H3,(H2,25,32)(H,26,29)(H,27,30)/t18?,20-/m1/s1. The van der Waals surface area contributed by atoms with E-state index in [1.54, 1.807) is 0 Å². The second kappa shape index (κ2) is 15.2. The highest BCUT2D eigenvalue weighted by atomic mass is 32.2. The lowest BCUT2D eigenvalue weighted by atomic mass is 10.0. The van der Waals surface area contributed by atoms with Crippen molar-refractivity contribution in [1.29, 1.82) is 0 Å². The highest BCUT2D eigenvalue weighted by Gasteiger charge is 2.35. The summed E-state index contributed by atoms with van der Waals surface area (Å²) in [6, 6.07) is -0.330. The molecule has 4 N–H and O–H groups in total. The Morgan fingerprint density at radius 3 is 2.15 bits per heavy atom. The molecule has 8 nitrogen and oxygen atoms in total. The fourth-order valence-electron chi connectivity index (χ4n) is 4.77. The van der Waals surface area contributed by atoms with Crippen LogP contribution in [0.3, 0.4) is 0 Å². The number of nitrogens with one attached hydrogen (secondary N) is 2. The summed E-state index contributed by atoms with van der Waals surface area (Å²) in [7, 11) is 0. The molecule has 0 aromatic heterocycles. The van der Waals surface area contributed by atoms with Gasteiger partial charge in [-0.3, -0.25) is 19.2 Å². The molecule has 1 heterocycles. The summed E-state index contributed by atoms with van der Waals surface area (Å²) in [6.45, 7) is 2.63. The maximum atomic E-state index is 12.4. The van der Waals surface area contributed by atoms with Gasteiger partial charge in [0.05, 0.1) is 11.5 Å². The number of carbonyl (C=O) groups is 4. The van der Waals surface area contributed by atoms with Crippen molar-refractivity contribution in [2.75, 3.05) is 24.6 Å². The van der Waals surface area contributed by atoms with E-state index in [2.05, 4.69) is 10.6 Å². The van der Waals surface area contributed by atoms with Gasteiger partial charge in [0.1, 0.15) is 6.04 Å². The van der Waals surface area contributed by atoms with Gasteiger partial charge < -0.3 is 21.3 Å². The van der Waals surface area contributed by atoms with Crippen LogP contribution in [0.4, 0.5) is 0 Å². The Morgan fingerprint density at radius 1 is 1.00 bits per heavy atom. The van der Waals surface area contributed by atoms with Crippen LogP contribution >= 0.6 is 11.8 Å². The number of amides is 4. The van der Waals surface area contributed by atoms with E-state index in [4.69, 9.17) is 5.73 Å². The molecule has 1 saturated heterocycles. The molecular formula is C24H42N4O4S. The fourth-order valence-corrected chi connectivity index (χ4v) is 5.43. The first kappa shape index (κ1) is 27.5. The number of hydrogen-bond acceptors (Lipinski definition) is 5. The van der Waals surface area contributed by atoms with Crippen LogP contribution in [0.1, 0.15) is 84.0 Å². The van der Waals surface area contributed by atoms with Gasteiger partial charge in [0.15, 0.2) is 0 Å². The average molecular weight is 483 g/mol. The summed E-state index contributed by atoms with van der Waals surface area (Å²) in [4.78, 5) is 49.8. The van der Waals surface area contributed by atoms with E-state index >= 15 is 0 Å². The largest absolute Gasteiger partial charge is 0.368 e. The molecule has 2 aliphatic rings. The van der Waals surface area contributed by atoms with Crippen LogP contribution in [0, 0.1) is 5.92 Å². The Labute approximate surface area is 202 Å². The second-order valence-corrected chi connectivity index (χ2v) is 10.4. The highest BCUT2D eigenvalue weighted by molar-refractivity contribution is 8.00. The molecule has 0 radical (unpaired) electrons. The van der Waals surface area contributed by atoms with E-state index in [0.29, 0.717) is 25.9 Å². The fraction of sp³-hybridized carbons (Fsp3) is 0.833. The van der Waals surface area contributed by atoms with Crippen molar-refractivity contribution in [3.63, 3.8) is 0 Å². The zero-order valence-corrected chi connectivity index (χ0v) is 20.9. The first-order valence-corrected chi connectivity index (χ1v) is 13.8. The lowest BCUT2D eigenvalue weighted by Gasteiger charge is -2.24. The van der Waals surface area contributed by atoms with Crippen molar-refractivity contribution >= 4 is 35.4 Å². The maximum absolute atomic E-state index is 12.4. The molecule has 2 atom stereocenters. The highest BCUT2D eigenvalue weighted by Crippen LogP contribution is 2.21. The quantitative estimate of drug-likeness (QED) is 0.441. The molecule has 9 heteroatoms. The topological polar surface area (TPSA) is 122 Å². The van der Waals surface area contributed by atoms with Crippen molar-refractivity contribution in [1.82, 2.24) is 15.5 Å². The van der Waals surface area contributed by atoms with Crippen LogP contribution in [0.25, 0.3) is 0 Å². The van der Waals surface area contributed by atoms with Crippen molar-refractivity contribution in [3.05, 3.63) is 0 Å². The minimum atomic E-state index is -0.580. The van der Waals surface area contributed by atoms with Gasteiger partial charge >= 0.3 is 0 Å². The molecule has 1 aliphatic heterocycles. The summed E-state index contributed by atoms with van der Waals surface area (Å²) in [5.41, 5.74) is 5.39. The Hall–Kier alpha value is -1.77. The van der Waals surface area contributed by atoms with Crippen molar-refractivity contribution < 1.29 is 19.2 Å². The van der Waals surface area contributed by atoms with Gasteiger partial charge in [0.2, 0.25) is 23.6 Å². The average Bonchev–Trinajstić information content (AvgIpc) is 3.10. The van der Waals surface area contributed by atoms with E-state index < -0.39 is 11.9 Å². The van der Waals surface area contributed by atoms with Gasteiger partial charge in [-0.2, -0.15) is 0 Å².